The fraction of sp³-hybridized carbons (Fsp3) is 0.579. The lowest BCUT2D eigenvalue weighted by atomic mass is 9.72. The van der Waals surface area contributed by atoms with Crippen molar-refractivity contribution in [1.82, 2.24) is 19.6 Å². The van der Waals surface area contributed by atoms with Gasteiger partial charge in [-0.25, -0.2) is 4.98 Å². The van der Waals surface area contributed by atoms with E-state index in [2.05, 4.69) is 36.0 Å². The quantitative estimate of drug-likeness (QED) is 0.481. The third kappa shape index (κ3) is 3.45. The normalized spacial score (nSPS) is 17.4. The molecule has 0 saturated carbocycles. The summed E-state index contributed by atoms with van der Waals surface area (Å²) in [5, 5.41) is 10.5. The van der Waals surface area contributed by atoms with Crippen LogP contribution in [0.3, 0.4) is 0 Å². The number of aryl methyl sites for hydroxylation is 1. The molecule has 0 spiro atoms. The number of thiophene rings is 1. The Morgan fingerprint density at radius 1 is 1.41 bits per heavy atom. The van der Waals surface area contributed by atoms with Crippen molar-refractivity contribution >= 4 is 44.9 Å². The molecule has 3 aromatic heterocycles. The highest BCUT2D eigenvalue weighted by molar-refractivity contribution is 7.99. The van der Waals surface area contributed by atoms with Gasteiger partial charge in [-0.3, -0.25) is 9.20 Å². The number of hydrogen-bond donors (Lipinski definition) is 0. The Kier molecular flexibility index (Phi) is 4.88. The lowest BCUT2D eigenvalue weighted by molar-refractivity contribution is -0.139. The number of carbonyl (C=O) groups excluding carboxylic acids is 1. The summed E-state index contributed by atoms with van der Waals surface area (Å²) in [5.74, 6) is 0.680. The fourth-order valence-corrected chi connectivity index (χ4v) is 5.68. The SMILES string of the molecule is CCOC(=O)CSc1nnc2c3c4c(sc3ncn12)C[C@@H](C(C)(C)C)CC4. The van der Waals surface area contributed by atoms with E-state index < -0.39 is 0 Å². The predicted molar refractivity (Wildman–Crippen MR) is 108 cm³/mol. The Bertz CT molecular complexity index is 1000. The molecule has 1 atom stereocenters. The van der Waals surface area contributed by atoms with E-state index in [4.69, 9.17) is 4.74 Å². The first-order valence-electron chi connectivity index (χ1n) is 9.31. The van der Waals surface area contributed by atoms with Gasteiger partial charge >= 0.3 is 5.97 Å². The molecule has 0 N–H and O–H groups in total. The van der Waals surface area contributed by atoms with Crippen LogP contribution >= 0.6 is 23.1 Å². The van der Waals surface area contributed by atoms with Gasteiger partial charge < -0.3 is 4.74 Å². The summed E-state index contributed by atoms with van der Waals surface area (Å²) < 4.78 is 6.89. The van der Waals surface area contributed by atoms with Gasteiger partial charge in [0.05, 0.1) is 17.7 Å². The first-order valence-corrected chi connectivity index (χ1v) is 11.1. The summed E-state index contributed by atoms with van der Waals surface area (Å²) >= 11 is 3.13. The lowest BCUT2D eigenvalue weighted by Gasteiger charge is -2.33. The van der Waals surface area contributed by atoms with Gasteiger partial charge in [-0.2, -0.15) is 0 Å². The second-order valence-electron chi connectivity index (χ2n) is 8.00. The van der Waals surface area contributed by atoms with Gasteiger partial charge in [0.15, 0.2) is 10.8 Å². The molecule has 0 aliphatic heterocycles. The first-order chi connectivity index (χ1) is 12.9. The van der Waals surface area contributed by atoms with Crippen LogP contribution in [0.15, 0.2) is 11.5 Å². The van der Waals surface area contributed by atoms with Crippen molar-refractivity contribution in [3.05, 3.63) is 16.8 Å². The second-order valence-corrected chi connectivity index (χ2v) is 10.0. The third-order valence-electron chi connectivity index (χ3n) is 5.27. The maximum atomic E-state index is 11.6. The average Bonchev–Trinajstić information content (AvgIpc) is 3.19. The zero-order valence-corrected chi connectivity index (χ0v) is 17.7. The summed E-state index contributed by atoms with van der Waals surface area (Å²) in [5.41, 5.74) is 2.56. The van der Waals surface area contributed by atoms with Crippen LogP contribution in [0.4, 0.5) is 0 Å². The number of esters is 1. The van der Waals surface area contributed by atoms with Gasteiger partial charge in [0.2, 0.25) is 0 Å². The summed E-state index contributed by atoms with van der Waals surface area (Å²) in [6, 6.07) is 0. The van der Waals surface area contributed by atoms with Gasteiger partial charge in [0.25, 0.3) is 0 Å². The minimum Gasteiger partial charge on any atom is -0.465 e. The van der Waals surface area contributed by atoms with Crippen LogP contribution in [0, 0.1) is 11.3 Å². The van der Waals surface area contributed by atoms with Crippen LogP contribution in [0.2, 0.25) is 0 Å². The van der Waals surface area contributed by atoms with E-state index in [-0.39, 0.29) is 11.7 Å². The Morgan fingerprint density at radius 3 is 2.96 bits per heavy atom. The highest BCUT2D eigenvalue weighted by atomic mass is 32.2. The minimum atomic E-state index is -0.241. The largest absolute Gasteiger partial charge is 0.465 e. The predicted octanol–water partition coefficient (Wildman–Crippen LogP) is 4.15. The molecule has 0 bridgehead atoms. The van der Waals surface area contributed by atoms with E-state index in [0.717, 1.165) is 28.7 Å². The number of fused-ring (bicyclic) bond motifs is 5. The molecule has 4 rings (SSSR count). The van der Waals surface area contributed by atoms with Crippen LogP contribution in [0.5, 0.6) is 0 Å². The number of aromatic nitrogens is 4. The second kappa shape index (κ2) is 7.05. The van der Waals surface area contributed by atoms with E-state index in [1.54, 1.807) is 24.6 Å². The van der Waals surface area contributed by atoms with Crippen molar-refractivity contribution in [2.24, 2.45) is 11.3 Å². The number of thioether (sulfide) groups is 1. The Hall–Kier alpha value is -1.67. The van der Waals surface area contributed by atoms with Crippen molar-refractivity contribution in [2.45, 2.75) is 52.1 Å². The number of ether oxygens (including phenoxy) is 1. The lowest BCUT2D eigenvalue weighted by Crippen LogP contribution is -2.26. The van der Waals surface area contributed by atoms with E-state index in [0.29, 0.717) is 23.1 Å². The number of nitrogens with zero attached hydrogens (tertiary/aromatic N) is 4. The molecule has 0 fully saturated rings. The van der Waals surface area contributed by atoms with Crippen molar-refractivity contribution < 1.29 is 9.53 Å². The van der Waals surface area contributed by atoms with Crippen molar-refractivity contribution in [3.63, 3.8) is 0 Å². The van der Waals surface area contributed by atoms with Crippen LogP contribution in [-0.2, 0) is 22.4 Å². The molecular formula is C19H24N4O2S2. The van der Waals surface area contributed by atoms with Gasteiger partial charge in [-0.05, 0) is 43.1 Å². The first kappa shape index (κ1) is 18.7. The monoisotopic (exact) mass is 404 g/mol. The van der Waals surface area contributed by atoms with Gasteiger partial charge in [0, 0.05) is 4.88 Å². The van der Waals surface area contributed by atoms with E-state index in [1.165, 1.54) is 28.6 Å². The van der Waals surface area contributed by atoms with Crippen molar-refractivity contribution in [3.8, 4) is 0 Å². The molecule has 6 nitrogen and oxygen atoms in total. The molecule has 0 amide bonds. The highest BCUT2D eigenvalue weighted by Gasteiger charge is 2.31. The molecule has 3 heterocycles. The number of carbonyl (C=O) groups is 1. The summed E-state index contributed by atoms with van der Waals surface area (Å²) in [6.45, 7) is 9.19. The third-order valence-corrected chi connectivity index (χ3v) is 7.35. The molecule has 8 heteroatoms. The van der Waals surface area contributed by atoms with Crippen molar-refractivity contribution in [2.75, 3.05) is 12.4 Å². The van der Waals surface area contributed by atoms with E-state index in [1.807, 2.05) is 4.40 Å². The van der Waals surface area contributed by atoms with E-state index in [9.17, 15) is 4.79 Å². The van der Waals surface area contributed by atoms with Crippen LogP contribution in [0.25, 0.3) is 15.9 Å². The van der Waals surface area contributed by atoms with E-state index >= 15 is 0 Å². The summed E-state index contributed by atoms with van der Waals surface area (Å²) in [7, 11) is 0. The van der Waals surface area contributed by atoms with Crippen LogP contribution < -0.4 is 0 Å². The molecule has 0 radical (unpaired) electrons. The maximum Gasteiger partial charge on any atom is 0.316 e. The number of hydrogen-bond acceptors (Lipinski definition) is 7. The van der Waals surface area contributed by atoms with Gasteiger partial charge in [0.1, 0.15) is 11.2 Å². The van der Waals surface area contributed by atoms with Crippen LogP contribution in [0.1, 0.15) is 44.6 Å². The maximum absolute atomic E-state index is 11.6. The number of rotatable bonds is 4. The summed E-state index contributed by atoms with van der Waals surface area (Å²) in [6.07, 6.45) is 5.15. The standard InChI is InChI=1S/C19H24N4O2S2/c1-5-25-14(24)9-26-18-22-21-16-15-12-7-6-11(19(2,3)4)8-13(12)27-17(15)20-10-23(16)18/h10-11H,5-9H2,1-4H3/t11-/m0/s1. The molecule has 27 heavy (non-hydrogen) atoms. The highest BCUT2D eigenvalue weighted by Crippen LogP contribution is 2.43. The fourth-order valence-electron chi connectivity index (χ4n) is 3.72. The van der Waals surface area contributed by atoms with Crippen molar-refractivity contribution in [1.29, 1.82) is 0 Å². The molecule has 1 aliphatic rings. The molecule has 0 unspecified atom stereocenters. The van der Waals surface area contributed by atoms with Gasteiger partial charge in [-0.15, -0.1) is 21.5 Å². The van der Waals surface area contributed by atoms with Gasteiger partial charge in [-0.1, -0.05) is 32.5 Å². The Morgan fingerprint density at radius 2 is 2.22 bits per heavy atom. The Balaban J connectivity index is 1.69. The smallest absolute Gasteiger partial charge is 0.316 e. The topological polar surface area (TPSA) is 69.4 Å². The zero-order chi connectivity index (χ0) is 19.2. The molecule has 0 saturated heterocycles. The summed E-state index contributed by atoms with van der Waals surface area (Å²) in [4.78, 5) is 18.8. The minimum absolute atomic E-state index is 0.224. The molecule has 0 aromatic carbocycles. The zero-order valence-electron chi connectivity index (χ0n) is 16.1. The molecule has 3 aromatic rings. The molecular weight excluding hydrogens is 380 g/mol. The Labute approximate surface area is 166 Å². The van der Waals surface area contributed by atoms with Crippen LogP contribution in [-0.4, -0.2) is 37.9 Å². The molecule has 144 valence electrons. The molecule has 1 aliphatic carbocycles. The average molecular weight is 405 g/mol.